The summed E-state index contributed by atoms with van der Waals surface area (Å²) in [7, 11) is 1.61. The molecule has 2 unspecified atom stereocenters. The highest BCUT2D eigenvalue weighted by molar-refractivity contribution is 6.09. The lowest BCUT2D eigenvalue weighted by Crippen LogP contribution is -2.55. The van der Waals surface area contributed by atoms with Crippen LogP contribution in [-0.2, 0) is 15.6 Å². The molecule has 7 rings (SSSR count). The van der Waals surface area contributed by atoms with Crippen molar-refractivity contribution in [3.8, 4) is 11.8 Å². The summed E-state index contributed by atoms with van der Waals surface area (Å²) >= 11 is 0. The highest BCUT2D eigenvalue weighted by Crippen LogP contribution is 2.66. The van der Waals surface area contributed by atoms with Gasteiger partial charge in [-0.1, -0.05) is 54.6 Å². The first-order chi connectivity index (χ1) is 18.0. The third-order valence-corrected chi connectivity index (χ3v) is 8.99. The van der Waals surface area contributed by atoms with E-state index in [0.29, 0.717) is 11.1 Å². The first-order valence-corrected chi connectivity index (χ1v) is 13.2. The summed E-state index contributed by atoms with van der Waals surface area (Å²) in [5.41, 5.74) is 4.99. The lowest BCUT2D eigenvalue weighted by atomic mass is 9.42. The SMILES string of the molecule is COc1ccc(/C=C(\C#N)C(=O)Nc2ccc(C34C[C@@H]5C[C@@H](CC(c6ccccc6)(C5)C3)C4)cc2)cc1. The number of rotatable bonds is 6. The number of benzene rings is 3. The van der Waals surface area contributed by atoms with Crippen LogP contribution in [-0.4, -0.2) is 13.0 Å². The molecule has 4 fully saturated rings. The Balaban J connectivity index is 1.21. The molecule has 0 aromatic heterocycles. The Morgan fingerprint density at radius 1 is 0.892 bits per heavy atom. The van der Waals surface area contributed by atoms with E-state index < -0.39 is 5.91 Å². The number of hydrogen-bond acceptors (Lipinski definition) is 3. The molecule has 0 spiro atoms. The van der Waals surface area contributed by atoms with Crippen LogP contribution in [0.1, 0.15) is 55.2 Å². The van der Waals surface area contributed by atoms with Crippen LogP contribution in [0.5, 0.6) is 5.75 Å². The average Bonchev–Trinajstić information content (AvgIpc) is 2.92. The lowest BCUT2D eigenvalue weighted by molar-refractivity contribution is -0.112. The van der Waals surface area contributed by atoms with Crippen LogP contribution < -0.4 is 10.1 Å². The van der Waals surface area contributed by atoms with Crippen LogP contribution in [0.2, 0.25) is 0 Å². The number of carbonyl (C=O) groups excluding carboxylic acids is 1. The summed E-state index contributed by atoms with van der Waals surface area (Å²) < 4.78 is 5.18. The van der Waals surface area contributed by atoms with E-state index in [4.69, 9.17) is 4.74 Å². The topological polar surface area (TPSA) is 62.1 Å². The van der Waals surface area contributed by atoms with Crippen molar-refractivity contribution >= 4 is 17.7 Å². The van der Waals surface area contributed by atoms with Gasteiger partial charge in [-0.15, -0.1) is 0 Å². The molecule has 4 heteroatoms. The molecular weight excluding hydrogens is 456 g/mol. The van der Waals surface area contributed by atoms with Gasteiger partial charge in [0.05, 0.1) is 7.11 Å². The van der Waals surface area contributed by atoms with Gasteiger partial charge in [-0.25, -0.2) is 0 Å². The van der Waals surface area contributed by atoms with Crippen LogP contribution >= 0.6 is 0 Å². The molecule has 4 saturated carbocycles. The molecule has 0 aliphatic heterocycles. The van der Waals surface area contributed by atoms with Crippen molar-refractivity contribution in [2.45, 2.75) is 49.4 Å². The maximum Gasteiger partial charge on any atom is 0.266 e. The van der Waals surface area contributed by atoms with Crippen molar-refractivity contribution in [3.63, 3.8) is 0 Å². The van der Waals surface area contributed by atoms with Crippen molar-refractivity contribution in [1.29, 1.82) is 5.26 Å². The number of nitrogens with zero attached hydrogens (tertiary/aromatic N) is 1. The summed E-state index contributed by atoms with van der Waals surface area (Å²) in [6, 6.07) is 28.9. The van der Waals surface area contributed by atoms with E-state index in [1.807, 2.05) is 42.5 Å². The molecule has 3 aromatic rings. The Kier molecular flexibility index (Phi) is 5.88. The molecule has 4 nitrogen and oxygen atoms in total. The van der Waals surface area contributed by atoms with Crippen molar-refractivity contribution in [3.05, 3.63) is 101 Å². The summed E-state index contributed by atoms with van der Waals surface area (Å²) in [5, 5.41) is 12.5. The maximum absolute atomic E-state index is 12.9. The minimum Gasteiger partial charge on any atom is -0.497 e. The predicted octanol–water partition coefficient (Wildman–Crippen LogP) is 7.03. The van der Waals surface area contributed by atoms with Crippen LogP contribution in [0.3, 0.4) is 0 Å². The number of anilines is 1. The van der Waals surface area contributed by atoms with Crippen molar-refractivity contribution in [2.75, 3.05) is 12.4 Å². The molecule has 186 valence electrons. The van der Waals surface area contributed by atoms with E-state index in [9.17, 15) is 10.1 Å². The molecule has 4 bridgehead atoms. The van der Waals surface area contributed by atoms with Gasteiger partial charge in [-0.05, 0) is 108 Å². The zero-order chi connectivity index (χ0) is 25.5. The number of nitriles is 1. The standard InChI is InChI=1S/C33H32N2O2/c1-37-30-13-7-23(8-14-30)16-26(21-34)31(36)35-29-11-9-28(10-12-29)33-19-24-15-25(20-33)18-32(17-24,22-33)27-5-3-2-4-6-27/h2-14,16,24-25H,15,17-20,22H2,1H3,(H,35,36)/b26-16+/t24-,25+,32?,33?. The first-order valence-electron chi connectivity index (χ1n) is 13.2. The molecule has 3 aromatic carbocycles. The predicted molar refractivity (Wildman–Crippen MR) is 146 cm³/mol. The van der Waals surface area contributed by atoms with Crippen LogP contribution in [0, 0.1) is 23.2 Å². The fourth-order valence-corrected chi connectivity index (χ4v) is 7.85. The zero-order valence-electron chi connectivity index (χ0n) is 21.2. The second-order valence-electron chi connectivity index (χ2n) is 11.4. The quantitative estimate of drug-likeness (QED) is 0.299. The molecule has 4 atom stereocenters. The minimum absolute atomic E-state index is 0.0696. The smallest absolute Gasteiger partial charge is 0.266 e. The molecule has 37 heavy (non-hydrogen) atoms. The normalized spacial score (nSPS) is 27.9. The molecule has 4 aliphatic carbocycles. The maximum atomic E-state index is 12.9. The molecule has 0 heterocycles. The monoisotopic (exact) mass is 488 g/mol. The van der Waals surface area contributed by atoms with Crippen LogP contribution in [0.15, 0.2) is 84.4 Å². The summed E-state index contributed by atoms with van der Waals surface area (Å²) in [4.78, 5) is 12.9. The molecule has 4 aliphatic rings. The van der Waals surface area contributed by atoms with Gasteiger partial charge in [-0.2, -0.15) is 5.26 Å². The third kappa shape index (κ3) is 4.33. The number of hydrogen-bond donors (Lipinski definition) is 1. The van der Waals surface area contributed by atoms with Crippen LogP contribution in [0.4, 0.5) is 5.69 Å². The van der Waals surface area contributed by atoms with Gasteiger partial charge in [0.2, 0.25) is 0 Å². The van der Waals surface area contributed by atoms with Gasteiger partial charge in [0, 0.05) is 5.69 Å². The second-order valence-corrected chi connectivity index (χ2v) is 11.4. The summed E-state index contributed by atoms with van der Waals surface area (Å²) in [6.45, 7) is 0. The Morgan fingerprint density at radius 3 is 2.05 bits per heavy atom. The van der Waals surface area contributed by atoms with Crippen molar-refractivity contribution in [1.82, 2.24) is 0 Å². The minimum atomic E-state index is -0.399. The largest absolute Gasteiger partial charge is 0.497 e. The van der Waals surface area contributed by atoms with Crippen molar-refractivity contribution in [2.24, 2.45) is 11.8 Å². The lowest BCUT2D eigenvalue weighted by Gasteiger charge is -2.62. The summed E-state index contributed by atoms with van der Waals surface area (Å²) in [6.07, 6.45) is 9.37. The Morgan fingerprint density at radius 2 is 1.49 bits per heavy atom. The van der Waals surface area contributed by atoms with Gasteiger partial charge in [0.25, 0.3) is 5.91 Å². The first kappa shape index (κ1) is 23.6. The van der Waals surface area contributed by atoms with E-state index in [1.54, 1.807) is 13.2 Å². The van der Waals surface area contributed by atoms with Crippen LogP contribution in [0.25, 0.3) is 6.08 Å². The van der Waals surface area contributed by atoms with Gasteiger partial charge < -0.3 is 10.1 Å². The molecule has 1 N–H and O–H groups in total. The molecule has 0 radical (unpaired) electrons. The Bertz CT molecular complexity index is 1350. The number of nitrogens with one attached hydrogen (secondary N) is 1. The number of methoxy groups -OCH3 is 1. The van der Waals surface area contributed by atoms with E-state index >= 15 is 0 Å². The van der Waals surface area contributed by atoms with E-state index in [-0.39, 0.29) is 11.0 Å². The van der Waals surface area contributed by atoms with Gasteiger partial charge in [0.1, 0.15) is 17.4 Å². The zero-order valence-corrected chi connectivity index (χ0v) is 21.2. The second kappa shape index (κ2) is 9.23. The van der Waals surface area contributed by atoms with Gasteiger partial charge in [-0.3, -0.25) is 4.79 Å². The Labute approximate surface area is 219 Å². The third-order valence-electron chi connectivity index (χ3n) is 8.99. The average molecular weight is 489 g/mol. The van der Waals surface area contributed by atoms with Gasteiger partial charge >= 0.3 is 0 Å². The molecular formula is C33H32N2O2. The summed E-state index contributed by atoms with van der Waals surface area (Å²) in [5.74, 6) is 1.92. The van der Waals surface area contributed by atoms with E-state index in [1.165, 1.54) is 49.7 Å². The number of carbonyl (C=O) groups is 1. The molecule has 1 amide bonds. The fourth-order valence-electron chi connectivity index (χ4n) is 7.85. The van der Waals surface area contributed by atoms with E-state index in [2.05, 4.69) is 47.8 Å². The van der Waals surface area contributed by atoms with E-state index in [0.717, 1.165) is 23.1 Å². The fraction of sp³-hybridized carbons (Fsp3) is 0.333. The Hall–Kier alpha value is -3.84. The number of ether oxygens (including phenoxy) is 1. The highest BCUT2D eigenvalue weighted by atomic mass is 16.5. The molecule has 0 saturated heterocycles. The van der Waals surface area contributed by atoms with Gasteiger partial charge in [0.15, 0.2) is 0 Å². The number of amides is 1. The highest BCUT2D eigenvalue weighted by Gasteiger charge is 2.58. The van der Waals surface area contributed by atoms with Crippen molar-refractivity contribution < 1.29 is 9.53 Å².